The van der Waals surface area contributed by atoms with Crippen molar-refractivity contribution in [3.63, 3.8) is 0 Å². The first-order valence-corrected chi connectivity index (χ1v) is 11.2. The highest BCUT2D eigenvalue weighted by Gasteiger charge is 2.26. The van der Waals surface area contributed by atoms with Crippen molar-refractivity contribution < 1.29 is 4.79 Å². The summed E-state index contributed by atoms with van der Waals surface area (Å²) >= 11 is 7.51. The molecule has 0 saturated carbocycles. The number of piperidine rings is 1. The molecule has 3 aromatic rings. The van der Waals surface area contributed by atoms with Crippen LogP contribution in [0.2, 0.25) is 5.02 Å². The summed E-state index contributed by atoms with van der Waals surface area (Å²) in [5.74, 6) is 0.756. The monoisotopic (exact) mass is 438 g/mol. The van der Waals surface area contributed by atoms with E-state index < -0.39 is 0 Å². The quantitative estimate of drug-likeness (QED) is 0.574. The van der Waals surface area contributed by atoms with Gasteiger partial charge < -0.3 is 10.2 Å². The molecular weight excluding hydrogens is 416 g/mol. The van der Waals surface area contributed by atoms with E-state index in [-0.39, 0.29) is 11.8 Å². The topological polar surface area (TPSA) is 58.1 Å². The molecule has 1 atom stereocenters. The first-order valence-electron chi connectivity index (χ1n) is 9.96. The number of hydrogen-bond donors (Lipinski definition) is 1. The Morgan fingerprint density at radius 1 is 1.07 bits per heavy atom. The Morgan fingerprint density at radius 2 is 1.83 bits per heavy atom. The first kappa shape index (κ1) is 20.7. The zero-order valence-corrected chi connectivity index (χ0v) is 18.3. The maximum atomic E-state index is 12.7. The van der Waals surface area contributed by atoms with Crippen molar-refractivity contribution in [3.8, 4) is 0 Å². The molecular formula is C23H23ClN4OS. The number of halogens is 1. The minimum absolute atomic E-state index is 0.0292. The molecule has 154 valence electrons. The molecule has 5 nitrogen and oxygen atoms in total. The third-order valence-electron chi connectivity index (χ3n) is 5.10. The van der Waals surface area contributed by atoms with Crippen LogP contribution >= 0.6 is 23.4 Å². The summed E-state index contributed by atoms with van der Waals surface area (Å²) in [6.07, 6.45) is 1.81. The SMILES string of the molecule is Cc1ccc(Sc2ccc(N3CCC[C@H](C(=O)Nc4ccc(Cl)cc4)C3)nn2)cc1. The van der Waals surface area contributed by atoms with Gasteiger partial charge in [0.05, 0.1) is 5.92 Å². The Hall–Kier alpha value is -2.57. The lowest BCUT2D eigenvalue weighted by atomic mass is 9.97. The first-order chi connectivity index (χ1) is 14.6. The van der Waals surface area contributed by atoms with Crippen LogP contribution in [0.25, 0.3) is 0 Å². The molecule has 2 aromatic carbocycles. The van der Waals surface area contributed by atoms with Gasteiger partial charge in [-0.1, -0.05) is 41.1 Å². The Bertz CT molecular complexity index is 993. The van der Waals surface area contributed by atoms with E-state index in [4.69, 9.17) is 11.6 Å². The van der Waals surface area contributed by atoms with Crippen molar-refractivity contribution in [1.82, 2.24) is 10.2 Å². The van der Waals surface area contributed by atoms with E-state index in [9.17, 15) is 4.79 Å². The second-order valence-corrected chi connectivity index (χ2v) is 8.96. The van der Waals surface area contributed by atoms with Crippen LogP contribution < -0.4 is 10.2 Å². The lowest BCUT2D eigenvalue weighted by molar-refractivity contribution is -0.120. The van der Waals surface area contributed by atoms with E-state index >= 15 is 0 Å². The molecule has 1 aliphatic heterocycles. The van der Waals surface area contributed by atoms with Gasteiger partial charge in [0.25, 0.3) is 0 Å². The van der Waals surface area contributed by atoms with Gasteiger partial charge in [0.15, 0.2) is 5.82 Å². The maximum Gasteiger partial charge on any atom is 0.229 e. The fourth-order valence-corrected chi connectivity index (χ4v) is 4.30. The third-order valence-corrected chi connectivity index (χ3v) is 6.28. The molecule has 0 aliphatic carbocycles. The largest absolute Gasteiger partial charge is 0.354 e. The summed E-state index contributed by atoms with van der Waals surface area (Å²) < 4.78 is 0. The Balaban J connectivity index is 1.37. The summed E-state index contributed by atoms with van der Waals surface area (Å²) in [5.41, 5.74) is 2.00. The van der Waals surface area contributed by atoms with Crippen LogP contribution in [-0.4, -0.2) is 29.2 Å². The van der Waals surface area contributed by atoms with Crippen LogP contribution in [0, 0.1) is 12.8 Å². The fraction of sp³-hybridized carbons (Fsp3) is 0.261. The summed E-state index contributed by atoms with van der Waals surface area (Å²) in [6.45, 7) is 3.59. The Kier molecular flexibility index (Phi) is 6.55. The number of aryl methyl sites for hydroxylation is 1. The van der Waals surface area contributed by atoms with Gasteiger partial charge in [-0.15, -0.1) is 10.2 Å². The van der Waals surface area contributed by atoms with Crippen molar-refractivity contribution in [3.05, 3.63) is 71.2 Å². The van der Waals surface area contributed by atoms with E-state index in [2.05, 4.69) is 51.6 Å². The van der Waals surface area contributed by atoms with E-state index in [0.717, 1.165) is 40.8 Å². The zero-order chi connectivity index (χ0) is 20.9. The van der Waals surface area contributed by atoms with Crippen molar-refractivity contribution in [1.29, 1.82) is 0 Å². The number of carbonyl (C=O) groups excluding carboxylic acids is 1. The normalized spacial score (nSPS) is 16.3. The Labute approximate surface area is 185 Å². The molecule has 30 heavy (non-hydrogen) atoms. The second kappa shape index (κ2) is 9.49. The van der Waals surface area contributed by atoms with Crippen molar-refractivity contribution >= 4 is 40.8 Å². The standard InChI is InChI=1S/C23H23ClN4OS/c1-16-4-10-20(11-5-16)30-22-13-12-21(26-27-22)28-14-2-3-17(15-28)23(29)25-19-8-6-18(24)7-9-19/h4-13,17H,2-3,14-15H2,1H3,(H,25,29)/t17-/m0/s1. The fourth-order valence-electron chi connectivity index (χ4n) is 3.44. The van der Waals surface area contributed by atoms with Gasteiger partial charge in [0.1, 0.15) is 5.03 Å². The molecule has 4 rings (SSSR count). The van der Waals surface area contributed by atoms with Crippen molar-refractivity contribution in [2.45, 2.75) is 29.7 Å². The minimum atomic E-state index is -0.0853. The number of nitrogens with one attached hydrogen (secondary N) is 1. The number of amides is 1. The minimum Gasteiger partial charge on any atom is -0.354 e. The molecule has 1 aliphatic rings. The van der Waals surface area contributed by atoms with Gasteiger partial charge in [0.2, 0.25) is 5.91 Å². The summed E-state index contributed by atoms with van der Waals surface area (Å²) in [6, 6.07) is 19.5. The molecule has 0 bridgehead atoms. The smallest absolute Gasteiger partial charge is 0.229 e. The van der Waals surface area contributed by atoms with Crippen LogP contribution in [0.4, 0.5) is 11.5 Å². The highest BCUT2D eigenvalue weighted by atomic mass is 35.5. The number of benzene rings is 2. The number of hydrogen-bond acceptors (Lipinski definition) is 5. The van der Waals surface area contributed by atoms with Crippen LogP contribution in [0.5, 0.6) is 0 Å². The van der Waals surface area contributed by atoms with Gasteiger partial charge in [-0.3, -0.25) is 4.79 Å². The van der Waals surface area contributed by atoms with Crippen LogP contribution in [0.1, 0.15) is 18.4 Å². The van der Waals surface area contributed by atoms with E-state index in [1.54, 1.807) is 23.9 Å². The molecule has 1 N–H and O–H groups in total. The number of rotatable bonds is 5. The second-order valence-electron chi connectivity index (χ2n) is 7.43. The third kappa shape index (κ3) is 5.32. The Morgan fingerprint density at radius 3 is 2.53 bits per heavy atom. The number of carbonyl (C=O) groups is 1. The maximum absolute atomic E-state index is 12.7. The summed E-state index contributed by atoms with van der Waals surface area (Å²) in [7, 11) is 0. The van der Waals surface area contributed by atoms with E-state index in [1.165, 1.54) is 5.56 Å². The molecule has 1 amide bonds. The lowest BCUT2D eigenvalue weighted by Gasteiger charge is -2.32. The molecule has 7 heteroatoms. The molecule has 1 saturated heterocycles. The summed E-state index contributed by atoms with van der Waals surface area (Å²) in [4.78, 5) is 16.0. The summed E-state index contributed by atoms with van der Waals surface area (Å²) in [5, 5.41) is 13.3. The molecule has 0 spiro atoms. The zero-order valence-electron chi connectivity index (χ0n) is 16.7. The highest BCUT2D eigenvalue weighted by Crippen LogP contribution is 2.28. The van der Waals surface area contributed by atoms with Gasteiger partial charge >= 0.3 is 0 Å². The number of aromatic nitrogens is 2. The van der Waals surface area contributed by atoms with Gasteiger partial charge in [-0.05, 0) is 68.3 Å². The van der Waals surface area contributed by atoms with E-state index in [0.29, 0.717) is 11.6 Å². The lowest BCUT2D eigenvalue weighted by Crippen LogP contribution is -2.41. The number of nitrogens with zero attached hydrogens (tertiary/aromatic N) is 3. The van der Waals surface area contributed by atoms with Crippen LogP contribution in [0.3, 0.4) is 0 Å². The van der Waals surface area contributed by atoms with Crippen LogP contribution in [-0.2, 0) is 4.79 Å². The van der Waals surface area contributed by atoms with Gasteiger partial charge in [-0.25, -0.2) is 0 Å². The van der Waals surface area contributed by atoms with E-state index in [1.807, 2.05) is 24.3 Å². The van der Waals surface area contributed by atoms with Crippen LogP contribution in [0.15, 0.2) is 70.6 Å². The molecule has 0 unspecified atom stereocenters. The molecule has 1 fully saturated rings. The molecule has 0 radical (unpaired) electrons. The average Bonchev–Trinajstić information content (AvgIpc) is 2.77. The van der Waals surface area contributed by atoms with Gasteiger partial charge in [0, 0.05) is 28.7 Å². The highest BCUT2D eigenvalue weighted by molar-refractivity contribution is 7.99. The predicted molar refractivity (Wildman–Crippen MR) is 122 cm³/mol. The molecule has 1 aromatic heterocycles. The van der Waals surface area contributed by atoms with Gasteiger partial charge in [-0.2, -0.15) is 0 Å². The van der Waals surface area contributed by atoms with Crippen molar-refractivity contribution in [2.24, 2.45) is 5.92 Å². The molecule has 2 heterocycles. The number of anilines is 2. The average molecular weight is 439 g/mol. The van der Waals surface area contributed by atoms with Crippen molar-refractivity contribution in [2.75, 3.05) is 23.3 Å². The predicted octanol–water partition coefficient (Wildman–Crippen LogP) is 5.44.